The minimum absolute atomic E-state index is 0.521. The third kappa shape index (κ3) is 2.49. The number of hydrogen-bond donors (Lipinski definition) is 1. The van der Waals surface area contributed by atoms with Crippen LogP contribution in [-0.2, 0) is 12.1 Å². The molecule has 1 unspecified atom stereocenters. The summed E-state index contributed by atoms with van der Waals surface area (Å²) in [6, 6.07) is 9.02. The summed E-state index contributed by atoms with van der Waals surface area (Å²) in [4.78, 5) is 0. The lowest BCUT2D eigenvalue weighted by atomic mass is 9.91. The van der Waals surface area contributed by atoms with Gasteiger partial charge in [0.25, 0.3) is 0 Å². The number of rotatable bonds is 4. The molecule has 2 rings (SSSR count). The molecule has 0 aliphatic rings. The molecular weight excluding hydrogens is 240 g/mol. The van der Waals surface area contributed by atoms with Gasteiger partial charge in [-0.3, -0.25) is 0 Å². The fourth-order valence-electron chi connectivity index (χ4n) is 2.05. The Morgan fingerprint density at radius 2 is 2.26 bits per heavy atom. The number of benzene rings is 1. The molecule has 0 spiro atoms. The van der Waals surface area contributed by atoms with E-state index < -0.39 is 5.60 Å². The van der Waals surface area contributed by atoms with Gasteiger partial charge in [-0.05, 0) is 31.0 Å². The molecule has 0 bridgehead atoms. The lowest BCUT2D eigenvalue weighted by Gasteiger charge is -2.24. The minimum Gasteiger partial charge on any atom is -0.379 e. The highest BCUT2D eigenvalue weighted by Gasteiger charge is 2.30. The summed E-state index contributed by atoms with van der Waals surface area (Å²) in [5.74, 6) is 0. The van der Waals surface area contributed by atoms with E-state index in [2.05, 4.69) is 16.4 Å². The predicted molar refractivity (Wildman–Crippen MR) is 70.1 cm³/mol. The molecule has 0 aliphatic carbocycles. The van der Waals surface area contributed by atoms with Gasteiger partial charge in [0.1, 0.15) is 5.60 Å². The van der Waals surface area contributed by atoms with E-state index in [9.17, 15) is 5.11 Å². The summed E-state index contributed by atoms with van der Waals surface area (Å²) in [6.45, 7) is 4.42. The Hall–Kier alpha value is -2.19. The molecule has 0 fully saturated rings. The zero-order chi connectivity index (χ0) is 13.9. The second-order valence-electron chi connectivity index (χ2n) is 4.61. The molecule has 5 nitrogen and oxygen atoms in total. The first-order chi connectivity index (χ1) is 9.09. The third-order valence-corrected chi connectivity index (χ3v) is 3.11. The largest absolute Gasteiger partial charge is 0.379 e. The van der Waals surface area contributed by atoms with Crippen LogP contribution in [0.5, 0.6) is 0 Å². The SMILES string of the molecule is CCCn1nncc1C(C)(O)c1cccc(C#N)c1. The van der Waals surface area contributed by atoms with Crippen molar-refractivity contribution in [1.82, 2.24) is 15.0 Å². The Kier molecular flexibility index (Phi) is 3.63. The van der Waals surface area contributed by atoms with E-state index in [1.807, 2.05) is 6.92 Å². The van der Waals surface area contributed by atoms with Gasteiger partial charge < -0.3 is 5.11 Å². The van der Waals surface area contributed by atoms with Crippen molar-refractivity contribution >= 4 is 0 Å². The Morgan fingerprint density at radius 3 is 2.95 bits per heavy atom. The van der Waals surface area contributed by atoms with Crippen molar-refractivity contribution in [2.45, 2.75) is 32.4 Å². The molecule has 1 N–H and O–H groups in total. The van der Waals surface area contributed by atoms with Gasteiger partial charge in [0.15, 0.2) is 0 Å². The van der Waals surface area contributed by atoms with Crippen LogP contribution in [0.4, 0.5) is 0 Å². The zero-order valence-corrected chi connectivity index (χ0v) is 11.0. The first-order valence-electron chi connectivity index (χ1n) is 6.21. The number of aromatic nitrogens is 3. The maximum atomic E-state index is 10.8. The van der Waals surface area contributed by atoms with E-state index in [-0.39, 0.29) is 0 Å². The monoisotopic (exact) mass is 256 g/mol. The topological polar surface area (TPSA) is 74.7 Å². The Morgan fingerprint density at radius 1 is 1.47 bits per heavy atom. The van der Waals surface area contributed by atoms with Crippen LogP contribution in [-0.4, -0.2) is 20.1 Å². The number of nitriles is 1. The van der Waals surface area contributed by atoms with E-state index in [4.69, 9.17) is 5.26 Å². The summed E-state index contributed by atoms with van der Waals surface area (Å²) in [6.07, 6.45) is 2.47. The van der Waals surface area contributed by atoms with E-state index in [0.717, 1.165) is 6.42 Å². The van der Waals surface area contributed by atoms with E-state index in [0.29, 0.717) is 23.4 Å². The van der Waals surface area contributed by atoms with Gasteiger partial charge in [-0.2, -0.15) is 5.26 Å². The van der Waals surface area contributed by atoms with Crippen molar-refractivity contribution in [1.29, 1.82) is 5.26 Å². The molecule has 1 heterocycles. The minimum atomic E-state index is -1.22. The molecule has 0 aliphatic heterocycles. The van der Waals surface area contributed by atoms with Gasteiger partial charge in [-0.15, -0.1) is 5.10 Å². The van der Waals surface area contributed by atoms with Crippen molar-refractivity contribution in [3.8, 4) is 6.07 Å². The Bertz CT molecular complexity index is 610. The summed E-state index contributed by atoms with van der Waals surface area (Å²) >= 11 is 0. The molecular formula is C14H16N4O. The molecule has 98 valence electrons. The van der Waals surface area contributed by atoms with Crippen LogP contribution < -0.4 is 0 Å². The van der Waals surface area contributed by atoms with Gasteiger partial charge in [0.2, 0.25) is 0 Å². The van der Waals surface area contributed by atoms with E-state index >= 15 is 0 Å². The number of aliphatic hydroxyl groups is 1. The van der Waals surface area contributed by atoms with Crippen LogP contribution in [0.1, 0.15) is 37.1 Å². The Balaban J connectivity index is 2.46. The van der Waals surface area contributed by atoms with Crippen LogP contribution in [0.15, 0.2) is 30.5 Å². The van der Waals surface area contributed by atoms with E-state index in [1.165, 1.54) is 0 Å². The molecule has 1 aromatic heterocycles. The quantitative estimate of drug-likeness (QED) is 0.905. The van der Waals surface area contributed by atoms with Gasteiger partial charge >= 0.3 is 0 Å². The van der Waals surface area contributed by atoms with Crippen molar-refractivity contribution in [3.05, 3.63) is 47.3 Å². The molecule has 19 heavy (non-hydrogen) atoms. The van der Waals surface area contributed by atoms with Crippen molar-refractivity contribution in [2.24, 2.45) is 0 Å². The van der Waals surface area contributed by atoms with Crippen molar-refractivity contribution < 1.29 is 5.11 Å². The number of nitrogens with zero attached hydrogens (tertiary/aromatic N) is 4. The average molecular weight is 256 g/mol. The molecule has 1 atom stereocenters. The van der Waals surface area contributed by atoms with Crippen LogP contribution >= 0.6 is 0 Å². The molecule has 0 saturated heterocycles. The van der Waals surface area contributed by atoms with Crippen LogP contribution in [0, 0.1) is 11.3 Å². The smallest absolute Gasteiger partial charge is 0.130 e. The third-order valence-electron chi connectivity index (χ3n) is 3.11. The van der Waals surface area contributed by atoms with E-state index in [1.54, 1.807) is 42.1 Å². The summed E-state index contributed by atoms with van der Waals surface area (Å²) < 4.78 is 1.69. The van der Waals surface area contributed by atoms with Gasteiger partial charge in [0, 0.05) is 6.54 Å². The average Bonchev–Trinajstić information content (AvgIpc) is 2.88. The van der Waals surface area contributed by atoms with Crippen molar-refractivity contribution in [2.75, 3.05) is 0 Å². The first kappa shape index (κ1) is 13.2. The molecule has 0 saturated carbocycles. The molecule has 2 aromatic rings. The molecule has 5 heteroatoms. The predicted octanol–water partition coefficient (Wildman–Crippen LogP) is 1.82. The highest BCUT2D eigenvalue weighted by molar-refractivity contribution is 5.38. The normalized spacial score (nSPS) is 13.8. The lowest BCUT2D eigenvalue weighted by Crippen LogP contribution is -2.27. The highest BCUT2D eigenvalue weighted by Crippen LogP contribution is 2.28. The number of aryl methyl sites for hydroxylation is 1. The first-order valence-corrected chi connectivity index (χ1v) is 6.21. The maximum absolute atomic E-state index is 10.8. The molecule has 1 aromatic carbocycles. The molecule has 0 amide bonds. The fourth-order valence-corrected chi connectivity index (χ4v) is 2.05. The summed E-state index contributed by atoms with van der Waals surface area (Å²) in [7, 11) is 0. The second kappa shape index (κ2) is 5.21. The summed E-state index contributed by atoms with van der Waals surface area (Å²) in [5, 5.41) is 27.5. The van der Waals surface area contributed by atoms with Crippen LogP contribution in [0.25, 0.3) is 0 Å². The summed E-state index contributed by atoms with van der Waals surface area (Å²) in [5.41, 5.74) is 0.592. The highest BCUT2D eigenvalue weighted by atomic mass is 16.3. The van der Waals surface area contributed by atoms with Gasteiger partial charge in [0.05, 0.1) is 23.5 Å². The standard InChI is InChI=1S/C14H16N4O/c1-3-7-18-13(10-16-17-18)14(2,19)12-6-4-5-11(8-12)9-15/h4-6,8,10,19H,3,7H2,1-2H3. The number of hydrogen-bond acceptors (Lipinski definition) is 4. The Labute approximate surface area is 112 Å². The fraction of sp³-hybridized carbons (Fsp3) is 0.357. The second-order valence-corrected chi connectivity index (χ2v) is 4.61. The molecule has 0 radical (unpaired) electrons. The van der Waals surface area contributed by atoms with Gasteiger partial charge in [-0.1, -0.05) is 24.3 Å². The lowest BCUT2D eigenvalue weighted by molar-refractivity contribution is 0.0914. The maximum Gasteiger partial charge on any atom is 0.130 e. The van der Waals surface area contributed by atoms with Crippen molar-refractivity contribution in [3.63, 3.8) is 0 Å². The van der Waals surface area contributed by atoms with Crippen LogP contribution in [0.3, 0.4) is 0 Å². The van der Waals surface area contributed by atoms with Gasteiger partial charge in [-0.25, -0.2) is 4.68 Å². The van der Waals surface area contributed by atoms with Crippen LogP contribution in [0.2, 0.25) is 0 Å². The zero-order valence-electron chi connectivity index (χ0n) is 11.0.